The minimum Gasteiger partial charge on any atom is -0.437 e. The van der Waals surface area contributed by atoms with E-state index in [1.807, 2.05) is 6.92 Å². The topological polar surface area (TPSA) is 64.8 Å². The molecule has 0 heterocycles. The van der Waals surface area contributed by atoms with Crippen LogP contribution in [0, 0.1) is 11.8 Å². The maximum atomic E-state index is 9.14. The van der Waals surface area contributed by atoms with Crippen LogP contribution < -0.4 is 5.23 Å². The number of oxime groups is 1. The summed E-state index contributed by atoms with van der Waals surface area (Å²) in [6, 6.07) is 0. The third-order valence-corrected chi connectivity index (χ3v) is 2.26. The second-order valence-electron chi connectivity index (χ2n) is 4.62. The van der Waals surface area contributed by atoms with Gasteiger partial charge < -0.3 is 15.5 Å². The molecule has 0 rings (SSSR count). The van der Waals surface area contributed by atoms with Crippen LogP contribution in [-0.4, -0.2) is 29.5 Å². The van der Waals surface area contributed by atoms with Crippen molar-refractivity contribution in [3.05, 3.63) is 0 Å². The highest BCUT2D eigenvalue weighted by Gasteiger charge is 2.14. The van der Waals surface area contributed by atoms with Crippen molar-refractivity contribution in [2.45, 2.75) is 40.4 Å². The monoisotopic (exact) mass is 214 g/mol. The van der Waals surface area contributed by atoms with Crippen molar-refractivity contribution < 1.29 is 10.2 Å². The summed E-state index contributed by atoms with van der Waals surface area (Å²) in [6.07, 6.45) is 1.83. The van der Waals surface area contributed by atoms with Gasteiger partial charge in [-0.3, -0.25) is 0 Å². The van der Waals surface area contributed by atoms with Crippen molar-refractivity contribution in [2.24, 2.45) is 17.0 Å². The number of hydrogen-bond donors (Lipinski definition) is 3. The summed E-state index contributed by atoms with van der Waals surface area (Å²) in [4.78, 5) is 0. The van der Waals surface area contributed by atoms with Crippen molar-refractivity contribution in [2.75, 3.05) is 6.54 Å². The average molecular weight is 214 g/mol. The maximum absolute atomic E-state index is 9.14. The van der Waals surface area contributed by atoms with Gasteiger partial charge in [0.05, 0.1) is 5.71 Å². The molecular weight excluding hydrogens is 191 g/mol. The second kappa shape index (κ2) is 7.71. The molecule has 0 aliphatic heterocycles. The lowest BCUT2D eigenvalue weighted by Gasteiger charge is -2.19. The average Bonchev–Trinajstić information content (AvgIpc) is 2.13. The molecule has 0 aromatic carbocycles. The first-order valence-electron chi connectivity index (χ1n) is 5.54. The molecule has 0 bridgehead atoms. The molecule has 0 radical (unpaired) electrons. The summed E-state index contributed by atoms with van der Waals surface area (Å²) in [5.41, 5.74) is 0.744. The molecule has 0 saturated heterocycles. The quantitative estimate of drug-likeness (QED) is 0.261. The van der Waals surface area contributed by atoms with Crippen LogP contribution in [0.25, 0.3) is 0 Å². The smallest absolute Gasteiger partial charge is 0.373 e. The Morgan fingerprint density at radius 2 is 2.07 bits per heavy atom. The van der Waals surface area contributed by atoms with Gasteiger partial charge in [-0.05, 0) is 45.0 Å². The maximum Gasteiger partial charge on any atom is 0.373 e. The molecule has 4 nitrogen and oxygen atoms in total. The van der Waals surface area contributed by atoms with E-state index in [1.54, 1.807) is 6.82 Å². The van der Waals surface area contributed by atoms with Crippen LogP contribution in [0.3, 0.4) is 0 Å². The van der Waals surface area contributed by atoms with Crippen molar-refractivity contribution in [1.29, 1.82) is 0 Å². The molecule has 0 aromatic heterocycles. The summed E-state index contributed by atoms with van der Waals surface area (Å²) in [7, 11) is -0.481. The van der Waals surface area contributed by atoms with Gasteiger partial charge in [-0.1, -0.05) is 19.0 Å². The zero-order valence-electron chi connectivity index (χ0n) is 10.2. The zero-order valence-corrected chi connectivity index (χ0v) is 10.2. The molecule has 3 N–H and O–H groups in total. The predicted octanol–water partition coefficient (Wildman–Crippen LogP) is 1.59. The number of nitrogens with one attached hydrogen (secondary N) is 1. The van der Waals surface area contributed by atoms with E-state index < -0.39 is 7.05 Å². The van der Waals surface area contributed by atoms with Gasteiger partial charge in [-0.2, -0.15) is 0 Å². The molecule has 5 heteroatoms. The molecule has 0 aliphatic rings. The Morgan fingerprint density at radius 3 is 2.47 bits per heavy atom. The Balaban J connectivity index is 4.06. The third-order valence-electron chi connectivity index (χ3n) is 2.26. The molecule has 0 saturated carbocycles. The van der Waals surface area contributed by atoms with Gasteiger partial charge >= 0.3 is 7.05 Å². The van der Waals surface area contributed by atoms with E-state index in [1.165, 1.54) is 0 Å². The molecule has 0 aliphatic carbocycles. The van der Waals surface area contributed by atoms with E-state index in [0.29, 0.717) is 11.8 Å². The number of nitrogens with zero attached hydrogens (tertiary/aromatic N) is 1. The van der Waals surface area contributed by atoms with Gasteiger partial charge in [0.15, 0.2) is 0 Å². The Labute approximate surface area is 92.9 Å². The molecule has 1 atom stereocenters. The van der Waals surface area contributed by atoms with Gasteiger partial charge in [-0.15, -0.1) is 0 Å². The van der Waals surface area contributed by atoms with Crippen LogP contribution in [0.5, 0.6) is 0 Å². The molecule has 0 fully saturated rings. The van der Waals surface area contributed by atoms with E-state index in [4.69, 9.17) is 10.2 Å². The Kier molecular flexibility index (Phi) is 7.43. The minimum atomic E-state index is -0.481. The normalized spacial score (nSPS) is 14.4. The second-order valence-corrected chi connectivity index (χ2v) is 4.62. The van der Waals surface area contributed by atoms with Crippen molar-refractivity contribution in [3.63, 3.8) is 0 Å². The van der Waals surface area contributed by atoms with Crippen LogP contribution >= 0.6 is 0 Å². The third kappa shape index (κ3) is 8.45. The Bertz CT molecular complexity index is 196. The summed E-state index contributed by atoms with van der Waals surface area (Å²) in [6.45, 7) is 8.61. The first-order chi connectivity index (χ1) is 6.95. The van der Waals surface area contributed by atoms with E-state index in [2.05, 4.69) is 24.2 Å². The summed E-state index contributed by atoms with van der Waals surface area (Å²) >= 11 is 0. The summed E-state index contributed by atoms with van der Waals surface area (Å²) in [5.74, 6) is 1.02. The highest BCUT2D eigenvalue weighted by molar-refractivity contribution is 6.45. The lowest BCUT2D eigenvalue weighted by Crippen LogP contribution is -2.35. The van der Waals surface area contributed by atoms with Gasteiger partial charge in [0.25, 0.3) is 0 Å². The van der Waals surface area contributed by atoms with Gasteiger partial charge in [-0.25, -0.2) is 0 Å². The SMILES string of the molecule is CB(O)NCC(CC(C)=NO)CC(C)C. The fourth-order valence-electron chi connectivity index (χ4n) is 1.70. The fourth-order valence-corrected chi connectivity index (χ4v) is 1.70. The highest BCUT2D eigenvalue weighted by atomic mass is 16.4. The zero-order chi connectivity index (χ0) is 11.8. The van der Waals surface area contributed by atoms with Gasteiger partial charge in [0.1, 0.15) is 0 Å². The van der Waals surface area contributed by atoms with Crippen LogP contribution in [0.1, 0.15) is 33.6 Å². The largest absolute Gasteiger partial charge is 0.437 e. The van der Waals surface area contributed by atoms with E-state index in [0.717, 1.165) is 25.1 Å². The van der Waals surface area contributed by atoms with Crippen molar-refractivity contribution in [1.82, 2.24) is 5.23 Å². The Hall–Kier alpha value is -0.545. The lowest BCUT2D eigenvalue weighted by atomic mass is 9.85. The first-order valence-corrected chi connectivity index (χ1v) is 5.54. The molecule has 0 aromatic rings. The number of rotatable bonds is 7. The van der Waals surface area contributed by atoms with E-state index >= 15 is 0 Å². The molecule has 0 spiro atoms. The molecule has 88 valence electrons. The van der Waals surface area contributed by atoms with Crippen molar-refractivity contribution >= 4 is 12.8 Å². The highest BCUT2D eigenvalue weighted by Crippen LogP contribution is 2.15. The van der Waals surface area contributed by atoms with Gasteiger partial charge in [0.2, 0.25) is 0 Å². The molecular formula is C10H23BN2O2. The van der Waals surface area contributed by atoms with Gasteiger partial charge in [0, 0.05) is 0 Å². The molecule has 15 heavy (non-hydrogen) atoms. The summed E-state index contributed by atoms with van der Waals surface area (Å²) < 4.78 is 0. The van der Waals surface area contributed by atoms with E-state index in [9.17, 15) is 0 Å². The van der Waals surface area contributed by atoms with Crippen LogP contribution in [0.15, 0.2) is 5.16 Å². The van der Waals surface area contributed by atoms with Crippen LogP contribution in [0.2, 0.25) is 6.82 Å². The predicted molar refractivity (Wildman–Crippen MR) is 64.3 cm³/mol. The fraction of sp³-hybridized carbons (Fsp3) is 0.900. The lowest BCUT2D eigenvalue weighted by molar-refractivity contribution is 0.313. The first kappa shape index (κ1) is 14.5. The number of hydrogen-bond acceptors (Lipinski definition) is 4. The molecule has 0 amide bonds. The van der Waals surface area contributed by atoms with Crippen LogP contribution in [-0.2, 0) is 0 Å². The summed E-state index contributed by atoms with van der Waals surface area (Å²) in [5, 5.41) is 23.9. The van der Waals surface area contributed by atoms with E-state index in [-0.39, 0.29) is 0 Å². The van der Waals surface area contributed by atoms with Crippen molar-refractivity contribution in [3.8, 4) is 0 Å². The minimum absolute atomic E-state index is 0.412. The van der Waals surface area contributed by atoms with Crippen LogP contribution in [0.4, 0.5) is 0 Å². The Morgan fingerprint density at radius 1 is 1.47 bits per heavy atom. The standard InChI is InChI=1S/C10H23BN2O2/c1-8(2)5-10(6-9(3)13-15)7-12-11(4)14/h8,10,12,14-15H,5-7H2,1-4H3. The molecule has 1 unspecified atom stereocenters.